The Hall–Kier alpha value is -3.76. The summed E-state index contributed by atoms with van der Waals surface area (Å²) in [6, 6.07) is 19.1. The standard InChI is InChI=1S/C23H19NO5S/c1-2-29-21-11-13-22(14-12-21)30(27,28)24-20-8-4-6-18(16-20)10-9-17-5-3-7-19(15-17)23(25)26/h3-8,11-16,24H,2H2,1H3,(H,25,26). The zero-order valence-corrected chi connectivity index (χ0v) is 16.9. The van der Waals surface area contributed by atoms with Crippen LogP contribution < -0.4 is 9.46 Å². The Kier molecular flexibility index (Phi) is 6.40. The third-order valence-corrected chi connectivity index (χ3v) is 5.42. The molecule has 0 aliphatic rings. The first kappa shape index (κ1) is 21.0. The van der Waals surface area contributed by atoms with Gasteiger partial charge in [-0.05, 0) is 67.6 Å². The number of sulfonamides is 1. The van der Waals surface area contributed by atoms with Gasteiger partial charge in [0.15, 0.2) is 0 Å². The Morgan fingerprint density at radius 2 is 1.60 bits per heavy atom. The molecule has 0 aliphatic carbocycles. The van der Waals surface area contributed by atoms with Gasteiger partial charge >= 0.3 is 5.97 Å². The molecule has 3 rings (SSSR count). The molecular formula is C23H19NO5S. The summed E-state index contributed by atoms with van der Waals surface area (Å²) in [5.41, 5.74) is 1.66. The molecule has 0 bridgehead atoms. The number of ether oxygens (including phenoxy) is 1. The van der Waals surface area contributed by atoms with E-state index in [0.717, 1.165) is 0 Å². The number of nitrogens with one attached hydrogen (secondary N) is 1. The van der Waals surface area contributed by atoms with Crippen molar-refractivity contribution in [2.45, 2.75) is 11.8 Å². The van der Waals surface area contributed by atoms with Crippen LogP contribution in [0.2, 0.25) is 0 Å². The average molecular weight is 421 g/mol. The maximum atomic E-state index is 12.6. The highest BCUT2D eigenvalue weighted by Gasteiger charge is 2.14. The number of benzene rings is 3. The van der Waals surface area contributed by atoms with Crippen molar-refractivity contribution in [2.75, 3.05) is 11.3 Å². The Morgan fingerprint density at radius 3 is 2.23 bits per heavy atom. The van der Waals surface area contributed by atoms with Crippen molar-refractivity contribution in [3.63, 3.8) is 0 Å². The van der Waals surface area contributed by atoms with Crippen LogP contribution in [0.5, 0.6) is 5.75 Å². The predicted molar refractivity (Wildman–Crippen MR) is 114 cm³/mol. The fourth-order valence-corrected chi connectivity index (χ4v) is 3.68. The van der Waals surface area contributed by atoms with Gasteiger partial charge in [-0.2, -0.15) is 0 Å². The van der Waals surface area contributed by atoms with Gasteiger partial charge in [0.2, 0.25) is 0 Å². The zero-order valence-electron chi connectivity index (χ0n) is 16.1. The van der Waals surface area contributed by atoms with Crippen molar-refractivity contribution in [3.05, 3.63) is 89.5 Å². The second-order valence-corrected chi connectivity index (χ2v) is 7.91. The van der Waals surface area contributed by atoms with Gasteiger partial charge in [0.25, 0.3) is 10.0 Å². The van der Waals surface area contributed by atoms with Gasteiger partial charge < -0.3 is 9.84 Å². The second-order valence-electron chi connectivity index (χ2n) is 6.23. The molecule has 0 spiro atoms. The Morgan fingerprint density at radius 1 is 0.967 bits per heavy atom. The lowest BCUT2D eigenvalue weighted by Crippen LogP contribution is -2.12. The van der Waals surface area contributed by atoms with Crippen LogP contribution in [0.25, 0.3) is 0 Å². The molecule has 2 N–H and O–H groups in total. The molecule has 0 saturated carbocycles. The number of rotatable bonds is 6. The quantitative estimate of drug-likeness (QED) is 0.587. The highest BCUT2D eigenvalue weighted by Crippen LogP contribution is 2.20. The molecule has 3 aromatic carbocycles. The van der Waals surface area contributed by atoms with Crippen LogP contribution >= 0.6 is 0 Å². The number of carbonyl (C=O) groups is 1. The monoisotopic (exact) mass is 421 g/mol. The van der Waals surface area contributed by atoms with E-state index in [1.54, 1.807) is 48.5 Å². The minimum Gasteiger partial charge on any atom is -0.494 e. The first-order chi connectivity index (χ1) is 14.4. The van der Waals surface area contributed by atoms with E-state index in [0.29, 0.717) is 29.2 Å². The average Bonchev–Trinajstić information content (AvgIpc) is 2.73. The molecule has 3 aromatic rings. The molecule has 0 heterocycles. The fourth-order valence-electron chi connectivity index (χ4n) is 2.63. The summed E-state index contributed by atoms with van der Waals surface area (Å²) in [6.45, 7) is 2.35. The van der Waals surface area contributed by atoms with Crippen LogP contribution in [0.4, 0.5) is 5.69 Å². The van der Waals surface area contributed by atoms with Crippen molar-refractivity contribution in [1.82, 2.24) is 0 Å². The van der Waals surface area contributed by atoms with Crippen LogP contribution in [0.15, 0.2) is 77.7 Å². The largest absolute Gasteiger partial charge is 0.494 e. The third-order valence-electron chi connectivity index (χ3n) is 4.02. The van der Waals surface area contributed by atoms with Gasteiger partial charge in [-0.15, -0.1) is 0 Å². The zero-order chi connectivity index (χ0) is 21.6. The van der Waals surface area contributed by atoms with Crippen LogP contribution in [-0.2, 0) is 10.0 Å². The molecule has 0 amide bonds. The molecule has 0 atom stereocenters. The summed E-state index contributed by atoms with van der Waals surface area (Å²) >= 11 is 0. The van der Waals surface area contributed by atoms with E-state index in [1.807, 2.05) is 6.92 Å². The number of anilines is 1. The fraction of sp³-hybridized carbons (Fsp3) is 0.0870. The molecular weight excluding hydrogens is 402 g/mol. The molecule has 0 aliphatic heterocycles. The smallest absolute Gasteiger partial charge is 0.335 e. The lowest BCUT2D eigenvalue weighted by molar-refractivity contribution is 0.0697. The molecule has 0 fully saturated rings. The number of hydrogen-bond acceptors (Lipinski definition) is 4. The minimum atomic E-state index is -3.76. The van der Waals surface area contributed by atoms with Gasteiger partial charge in [0.1, 0.15) is 5.75 Å². The Labute approximate surface area is 175 Å². The Bertz CT molecular complexity index is 1220. The summed E-state index contributed by atoms with van der Waals surface area (Å²) in [5, 5.41) is 9.05. The molecule has 30 heavy (non-hydrogen) atoms. The summed E-state index contributed by atoms with van der Waals surface area (Å²) < 4.78 is 33.1. The second kappa shape index (κ2) is 9.16. The SMILES string of the molecule is CCOc1ccc(S(=O)(=O)Nc2cccc(C#Cc3cccc(C(=O)O)c3)c2)cc1. The van der Waals surface area contributed by atoms with E-state index in [-0.39, 0.29) is 10.5 Å². The lowest BCUT2D eigenvalue weighted by Gasteiger charge is -2.09. The molecule has 0 aromatic heterocycles. The first-order valence-electron chi connectivity index (χ1n) is 9.08. The molecule has 0 radical (unpaired) electrons. The molecule has 0 unspecified atom stereocenters. The Balaban J connectivity index is 1.79. The van der Waals surface area contributed by atoms with E-state index in [4.69, 9.17) is 9.84 Å². The van der Waals surface area contributed by atoms with Gasteiger partial charge in [0.05, 0.1) is 22.8 Å². The summed E-state index contributed by atoms with van der Waals surface area (Å²) in [6.07, 6.45) is 0. The third kappa shape index (κ3) is 5.40. The maximum Gasteiger partial charge on any atom is 0.335 e. The van der Waals surface area contributed by atoms with Crippen molar-refractivity contribution in [3.8, 4) is 17.6 Å². The predicted octanol–water partition coefficient (Wildman–Crippen LogP) is 3.98. The summed E-state index contributed by atoms with van der Waals surface area (Å²) in [5.74, 6) is 5.39. The highest BCUT2D eigenvalue weighted by molar-refractivity contribution is 7.92. The molecule has 6 nitrogen and oxygen atoms in total. The topological polar surface area (TPSA) is 92.7 Å². The molecule has 0 saturated heterocycles. The van der Waals surface area contributed by atoms with Gasteiger partial charge in [-0.3, -0.25) is 4.72 Å². The highest BCUT2D eigenvalue weighted by atomic mass is 32.2. The van der Waals surface area contributed by atoms with Crippen molar-refractivity contribution in [1.29, 1.82) is 0 Å². The van der Waals surface area contributed by atoms with Gasteiger partial charge in [-0.25, -0.2) is 13.2 Å². The van der Waals surface area contributed by atoms with Gasteiger partial charge in [-0.1, -0.05) is 24.0 Å². The van der Waals surface area contributed by atoms with Crippen molar-refractivity contribution in [2.24, 2.45) is 0 Å². The van der Waals surface area contributed by atoms with E-state index in [2.05, 4.69) is 16.6 Å². The number of carboxylic acids is 1. The lowest BCUT2D eigenvalue weighted by atomic mass is 10.1. The van der Waals surface area contributed by atoms with Crippen LogP contribution in [0.3, 0.4) is 0 Å². The summed E-state index contributed by atoms with van der Waals surface area (Å²) in [7, 11) is -3.76. The number of carboxylic acid groups (broad SMARTS) is 1. The van der Waals surface area contributed by atoms with Crippen LogP contribution in [0, 0.1) is 11.8 Å². The molecule has 152 valence electrons. The molecule has 7 heteroatoms. The van der Waals surface area contributed by atoms with E-state index in [1.165, 1.54) is 24.3 Å². The number of hydrogen-bond donors (Lipinski definition) is 2. The van der Waals surface area contributed by atoms with Gasteiger partial charge in [0, 0.05) is 11.1 Å². The van der Waals surface area contributed by atoms with Crippen molar-refractivity contribution >= 4 is 21.7 Å². The first-order valence-corrected chi connectivity index (χ1v) is 10.6. The summed E-state index contributed by atoms with van der Waals surface area (Å²) in [4.78, 5) is 11.2. The van der Waals surface area contributed by atoms with E-state index >= 15 is 0 Å². The van der Waals surface area contributed by atoms with Crippen LogP contribution in [-0.4, -0.2) is 26.1 Å². The number of aromatic carboxylic acids is 1. The van der Waals surface area contributed by atoms with Crippen LogP contribution in [0.1, 0.15) is 28.4 Å². The minimum absolute atomic E-state index is 0.118. The normalized spacial score (nSPS) is 10.6. The van der Waals surface area contributed by atoms with E-state index in [9.17, 15) is 13.2 Å². The van der Waals surface area contributed by atoms with Crippen molar-refractivity contribution < 1.29 is 23.1 Å². The maximum absolute atomic E-state index is 12.6. The van der Waals surface area contributed by atoms with E-state index < -0.39 is 16.0 Å².